The molecule has 1 atom stereocenters. The number of ketones is 1. The van der Waals surface area contributed by atoms with Crippen LogP contribution in [-0.2, 0) is 18.0 Å². The van der Waals surface area contributed by atoms with E-state index in [0.29, 0.717) is 33.7 Å². The monoisotopic (exact) mass is 491 g/mol. The summed E-state index contributed by atoms with van der Waals surface area (Å²) in [6.07, 6.45) is -2.59. The van der Waals surface area contributed by atoms with Crippen molar-refractivity contribution in [3.8, 4) is 17.3 Å². The number of alkyl halides is 3. The molecule has 2 aliphatic rings. The van der Waals surface area contributed by atoms with Crippen molar-refractivity contribution in [1.82, 2.24) is 14.7 Å². The Balaban J connectivity index is 1.71. The van der Waals surface area contributed by atoms with Gasteiger partial charge in [0.1, 0.15) is 0 Å². The molecule has 0 N–H and O–H groups in total. The first-order valence-corrected chi connectivity index (χ1v) is 11.1. The number of amides is 2. The van der Waals surface area contributed by atoms with E-state index in [2.05, 4.69) is 11.2 Å². The van der Waals surface area contributed by atoms with E-state index in [9.17, 15) is 28.0 Å². The molecule has 182 valence electrons. The van der Waals surface area contributed by atoms with Gasteiger partial charge in [-0.15, -0.1) is 0 Å². The average molecular weight is 491 g/mol. The van der Waals surface area contributed by atoms with E-state index in [4.69, 9.17) is 0 Å². The Morgan fingerprint density at radius 1 is 1.06 bits per heavy atom. The fraction of sp³-hybridized carbons (Fsp3) is 0.231. The van der Waals surface area contributed by atoms with Crippen LogP contribution in [0.15, 0.2) is 66.0 Å². The van der Waals surface area contributed by atoms with Gasteiger partial charge >= 0.3 is 12.2 Å². The van der Waals surface area contributed by atoms with Crippen LogP contribution in [0, 0.1) is 11.3 Å². The predicted octanol–water partition coefficient (Wildman–Crippen LogP) is 5.21. The van der Waals surface area contributed by atoms with Crippen LogP contribution in [0.1, 0.15) is 35.6 Å². The lowest BCUT2D eigenvalue weighted by Crippen LogP contribution is -2.48. The summed E-state index contributed by atoms with van der Waals surface area (Å²) in [6.45, 7) is 0. The standard InChI is InChI=1S/C26H20F3N5O2/c1-32-24(18-7-6-15(14-30)12-19(18)20-10-11-31-33(20)2)23-21(8-9-22(23)35)34(25(32)36)17-5-3-4-16(13-17)26(27,28)29/h3-7,10-13,24H,8-9H2,1-2H3. The predicted molar refractivity (Wildman–Crippen MR) is 124 cm³/mol. The largest absolute Gasteiger partial charge is 0.416 e. The number of carbonyl (C=O) groups excluding carboxylic acids is 2. The minimum absolute atomic E-state index is 0.0500. The molecular weight excluding hydrogens is 471 g/mol. The van der Waals surface area contributed by atoms with E-state index in [-0.39, 0.29) is 24.3 Å². The topological polar surface area (TPSA) is 82.2 Å². The molecular formula is C26H20F3N5O2. The van der Waals surface area contributed by atoms with Gasteiger partial charge in [0.05, 0.1) is 34.6 Å². The third-order valence-corrected chi connectivity index (χ3v) is 6.63. The zero-order chi connectivity index (χ0) is 25.8. The number of nitrogens with zero attached hydrogens (tertiary/aromatic N) is 5. The van der Waals surface area contributed by atoms with E-state index in [1.807, 2.05) is 0 Å². The lowest BCUT2D eigenvalue weighted by molar-refractivity contribution is -0.137. The van der Waals surface area contributed by atoms with Gasteiger partial charge in [-0.25, -0.2) is 4.79 Å². The van der Waals surface area contributed by atoms with Crippen LogP contribution in [0.5, 0.6) is 0 Å². The van der Waals surface area contributed by atoms with Crippen LogP contribution in [0.3, 0.4) is 0 Å². The number of rotatable bonds is 3. The van der Waals surface area contributed by atoms with Gasteiger partial charge in [0.2, 0.25) is 0 Å². The van der Waals surface area contributed by atoms with Crippen molar-refractivity contribution in [1.29, 1.82) is 5.26 Å². The molecule has 0 saturated heterocycles. The number of allylic oxidation sites excluding steroid dienone is 1. The van der Waals surface area contributed by atoms with Crippen molar-refractivity contribution in [2.75, 3.05) is 11.9 Å². The molecule has 1 aliphatic heterocycles. The number of benzene rings is 2. The molecule has 3 aromatic rings. The molecule has 2 amide bonds. The average Bonchev–Trinajstić information content (AvgIpc) is 3.45. The molecule has 5 rings (SSSR count). The number of likely N-dealkylation sites (N-methyl/N-ethyl adjacent to an activating group) is 1. The maximum atomic E-state index is 13.7. The SMILES string of the molecule is CN1C(=O)N(c2cccc(C(F)(F)F)c2)C2=C(C(=O)CC2)C1c1ccc(C#N)cc1-c1ccnn1C. The van der Waals surface area contributed by atoms with Crippen LogP contribution < -0.4 is 4.90 Å². The highest BCUT2D eigenvalue weighted by Crippen LogP contribution is 2.47. The Kier molecular flexibility index (Phi) is 5.43. The summed E-state index contributed by atoms with van der Waals surface area (Å²) in [4.78, 5) is 29.4. The highest BCUT2D eigenvalue weighted by molar-refractivity contribution is 6.08. The number of hydrogen-bond acceptors (Lipinski definition) is 4. The first-order valence-electron chi connectivity index (χ1n) is 11.1. The molecule has 2 aromatic carbocycles. The summed E-state index contributed by atoms with van der Waals surface area (Å²) in [7, 11) is 3.27. The molecule has 1 unspecified atom stereocenters. The summed E-state index contributed by atoms with van der Waals surface area (Å²) in [6, 6.07) is 12.1. The summed E-state index contributed by atoms with van der Waals surface area (Å²) in [5.41, 5.74) is 2.28. The Hall–Kier alpha value is -4.39. The quantitative estimate of drug-likeness (QED) is 0.504. The molecule has 0 radical (unpaired) electrons. The van der Waals surface area contributed by atoms with Gasteiger partial charge in [0.25, 0.3) is 0 Å². The molecule has 0 spiro atoms. The van der Waals surface area contributed by atoms with E-state index in [1.54, 1.807) is 42.2 Å². The van der Waals surface area contributed by atoms with Crippen molar-refractivity contribution >= 4 is 17.5 Å². The highest BCUT2D eigenvalue weighted by Gasteiger charge is 2.45. The van der Waals surface area contributed by atoms with Gasteiger partial charge in [0.15, 0.2) is 5.78 Å². The number of carbonyl (C=O) groups is 2. The Labute approximate surface area is 204 Å². The Bertz CT molecular complexity index is 1480. The maximum Gasteiger partial charge on any atom is 0.416 e. The Morgan fingerprint density at radius 2 is 1.83 bits per heavy atom. The lowest BCUT2D eigenvalue weighted by Gasteiger charge is -2.41. The van der Waals surface area contributed by atoms with E-state index in [0.717, 1.165) is 12.1 Å². The number of halogens is 3. The van der Waals surface area contributed by atoms with Crippen molar-refractivity contribution in [2.24, 2.45) is 7.05 Å². The highest BCUT2D eigenvalue weighted by atomic mass is 19.4. The second-order valence-corrected chi connectivity index (χ2v) is 8.72. The second-order valence-electron chi connectivity index (χ2n) is 8.72. The van der Waals surface area contributed by atoms with Gasteiger partial charge < -0.3 is 4.90 Å². The third-order valence-electron chi connectivity index (χ3n) is 6.63. The number of anilines is 1. The van der Waals surface area contributed by atoms with Crippen molar-refractivity contribution in [3.05, 3.63) is 82.7 Å². The minimum Gasteiger partial charge on any atom is -0.316 e. The van der Waals surface area contributed by atoms with Crippen LogP contribution in [0.4, 0.5) is 23.7 Å². The first kappa shape index (κ1) is 23.4. The minimum atomic E-state index is -4.58. The molecule has 0 fully saturated rings. The fourth-order valence-electron chi connectivity index (χ4n) is 4.96. The third kappa shape index (κ3) is 3.64. The molecule has 1 aliphatic carbocycles. The van der Waals surface area contributed by atoms with Gasteiger partial charge in [-0.1, -0.05) is 12.1 Å². The number of aryl methyl sites for hydroxylation is 1. The smallest absolute Gasteiger partial charge is 0.316 e. The number of Topliss-reactive ketones (excluding diaryl/α,β-unsaturated/α-hetero) is 1. The zero-order valence-corrected chi connectivity index (χ0v) is 19.4. The van der Waals surface area contributed by atoms with Crippen molar-refractivity contribution in [2.45, 2.75) is 25.1 Å². The number of nitriles is 1. The molecule has 2 heterocycles. The lowest BCUT2D eigenvalue weighted by atomic mass is 9.88. The molecule has 7 nitrogen and oxygen atoms in total. The van der Waals surface area contributed by atoms with Crippen LogP contribution in [-0.4, -0.2) is 33.5 Å². The first-order chi connectivity index (χ1) is 17.1. The summed E-state index contributed by atoms with van der Waals surface area (Å²) >= 11 is 0. The summed E-state index contributed by atoms with van der Waals surface area (Å²) < 4.78 is 41.8. The van der Waals surface area contributed by atoms with E-state index < -0.39 is 23.8 Å². The molecule has 10 heteroatoms. The molecule has 0 saturated carbocycles. The summed E-state index contributed by atoms with van der Waals surface area (Å²) in [5, 5.41) is 13.7. The van der Waals surface area contributed by atoms with Crippen LogP contribution >= 0.6 is 0 Å². The maximum absolute atomic E-state index is 13.7. The molecule has 0 bridgehead atoms. The van der Waals surface area contributed by atoms with E-state index in [1.165, 1.54) is 29.0 Å². The van der Waals surface area contributed by atoms with Crippen LogP contribution in [0.25, 0.3) is 11.3 Å². The van der Waals surface area contributed by atoms with Crippen LogP contribution in [0.2, 0.25) is 0 Å². The molecule has 1 aromatic heterocycles. The summed E-state index contributed by atoms with van der Waals surface area (Å²) in [5.74, 6) is -0.174. The van der Waals surface area contributed by atoms with Crippen molar-refractivity contribution in [3.63, 3.8) is 0 Å². The second kappa shape index (κ2) is 8.37. The number of urea groups is 1. The number of hydrogen-bond donors (Lipinski definition) is 0. The normalized spacial score (nSPS) is 18.1. The fourth-order valence-corrected chi connectivity index (χ4v) is 4.96. The number of aromatic nitrogens is 2. The van der Waals surface area contributed by atoms with Crippen molar-refractivity contribution < 1.29 is 22.8 Å². The zero-order valence-electron chi connectivity index (χ0n) is 19.4. The van der Waals surface area contributed by atoms with Gasteiger partial charge in [0, 0.05) is 43.5 Å². The van der Waals surface area contributed by atoms with Gasteiger partial charge in [-0.2, -0.15) is 23.5 Å². The van der Waals surface area contributed by atoms with Gasteiger partial charge in [-0.05, 0) is 48.4 Å². The van der Waals surface area contributed by atoms with E-state index >= 15 is 0 Å². The Morgan fingerprint density at radius 3 is 2.50 bits per heavy atom. The van der Waals surface area contributed by atoms with Gasteiger partial charge in [-0.3, -0.25) is 14.4 Å². The molecule has 36 heavy (non-hydrogen) atoms.